The number of sulfonamides is 1. The summed E-state index contributed by atoms with van der Waals surface area (Å²) in [5.74, 6) is 0. The van der Waals surface area contributed by atoms with Crippen molar-refractivity contribution in [1.82, 2.24) is 34.5 Å². The summed E-state index contributed by atoms with van der Waals surface area (Å²) in [5.41, 5.74) is 0.230. The standard InChI is InChI=1S/C23H27F2N9O3S2/c1-13-12-33(8-9-34(13)22(35)31(3)4)16-11-14(39(36,37)30-23(26-2)6-7-23)10-15-17(29-32(5)18(15)16)20-27-28-21(38-20)19(24)25/h10-11,13,19,30H,6-9,12H2,1,3-5H3/t13-/m1/s1. The Hall–Kier alpha value is -3.42. The summed E-state index contributed by atoms with van der Waals surface area (Å²) in [4.78, 5) is 21.3. The van der Waals surface area contributed by atoms with Crippen LogP contribution in [0.15, 0.2) is 17.0 Å². The van der Waals surface area contributed by atoms with Crippen LogP contribution in [0.1, 0.15) is 31.2 Å². The van der Waals surface area contributed by atoms with Crippen molar-refractivity contribution in [3.63, 3.8) is 0 Å². The Labute approximate surface area is 228 Å². The highest BCUT2D eigenvalue weighted by atomic mass is 32.2. The summed E-state index contributed by atoms with van der Waals surface area (Å²) in [7, 11) is 0.940. The second-order valence-electron chi connectivity index (χ2n) is 9.97. The number of carbonyl (C=O) groups is 1. The van der Waals surface area contributed by atoms with Gasteiger partial charge in [-0.05, 0) is 19.1 Å². The molecule has 0 spiro atoms. The molecule has 1 aromatic carbocycles. The number of aromatic nitrogens is 4. The SMILES string of the molecule is [C-]#[N+]C1(NS(=O)(=O)c2cc(N3CCN(C(=O)N(C)C)[C@H](C)C3)c3c(c2)c(-c2nnc(C(F)F)s2)nn3C)CC1. The Kier molecular flexibility index (Phi) is 6.72. The van der Waals surface area contributed by atoms with Crippen LogP contribution in [0, 0.1) is 6.57 Å². The molecule has 1 saturated heterocycles. The molecule has 39 heavy (non-hydrogen) atoms. The van der Waals surface area contributed by atoms with E-state index in [-0.39, 0.29) is 27.7 Å². The molecular weight excluding hydrogens is 552 g/mol. The summed E-state index contributed by atoms with van der Waals surface area (Å²) in [6.07, 6.45) is -1.96. The first kappa shape index (κ1) is 27.2. The zero-order valence-electron chi connectivity index (χ0n) is 21.7. The van der Waals surface area contributed by atoms with Gasteiger partial charge < -0.3 is 14.7 Å². The number of benzene rings is 1. The average molecular weight is 580 g/mol. The van der Waals surface area contributed by atoms with Crippen LogP contribution in [-0.2, 0) is 17.1 Å². The second-order valence-corrected chi connectivity index (χ2v) is 12.7. The van der Waals surface area contributed by atoms with E-state index in [4.69, 9.17) is 6.57 Å². The van der Waals surface area contributed by atoms with Crippen LogP contribution < -0.4 is 9.62 Å². The Morgan fingerprint density at radius 3 is 2.56 bits per heavy atom. The van der Waals surface area contributed by atoms with Crippen molar-refractivity contribution in [2.45, 2.75) is 42.8 Å². The number of nitrogens with one attached hydrogen (secondary N) is 1. The molecule has 1 N–H and O–H groups in total. The third-order valence-corrected chi connectivity index (χ3v) is 9.33. The number of halogens is 2. The molecule has 16 heteroatoms. The van der Waals surface area contributed by atoms with Gasteiger partial charge in [-0.1, -0.05) is 11.3 Å². The fourth-order valence-electron chi connectivity index (χ4n) is 4.72. The highest BCUT2D eigenvalue weighted by molar-refractivity contribution is 7.89. The molecule has 1 saturated carbocycles. The molecule has 0 unspecified atom stereocenters. The number of amides is 2. The minimum absolute atomic E-state index is 0.0766. The van der Waals surface area contributed by atoms with E-state index in [1.54, 1.807) is 30.7 Å². The number of nitrogens with zero attached hydrogens (tertiary/aromatic N) is 8. The molecule has 12 nitrogen and oxygen atoms in total. The number of urea groups is 1. The minimum atomic E-state index is -4.12. The van der Waals surface area contributed by atoms with Crippen molar-refractivity contribution >= 4 is 44.0 Å². The first-order valence-corrected chi connectivity index (χ1v) is 14.4. The Morgan fingerprint density at radius 1 is 1.28 bits per heavy atom. The molecule has 208 valence electrons. The van der Waals surface area contributed by atoms with Gasteiger partial charge in [-0.15, -0.1) is 14.9 Å². The van der Waals surface area contributed by atoms with Gasteiger partial charge in [0, 0.05) is 52.2 Å². The van der Waals surface area contributed by atoms with Crippen molar-refractivity contribution in [3.05, 3.63) is 28.6 Å². The number of piperazine rings is 1. The van der Waals surface area contributed by atoms with Gasteiger partial charge in [0.15, 0.2) is 10.0 Å². The number of hydrogen-bond donors (Lipinski definition) is 1. The molecule has 1 aliphatic carbocycles. The fourth-order valence-corrected chi connectivity index (χ4v) is 6.83. The zero-order chi connectivity index (χ0) is 28.3. The van der Waals surface area contributed by atoms with E-state index >= 15 is 0 Å². The summed E-state index contributed by atoms with van der Waals surface area (Å²) in [6.45, 7) is 10.6. The highest BCUT2D eigenvalue weighted by Crippen LogP contribution is 2.41. The number of aryl methyl sites for hydroxylation is 1. The van der Waals surface area contributed by atoms with Gasteiger partial charge >= 0.3 is 6.03 Å². The lowest BCUT2D eigenvalue weighted by atomic mass is 10.1. The van der Waals surface area contributed by atoms with Gasteiger partial charge in [-0.3, -0.25) is 9.53 Å². The van der Waals surface area contributed by atoms with Crippen LogP contribution >= 0.6 is 11.3 Å². The molecule has 3 heterocycles. The number of fused-ring (bicyclic) bond motifs is 1. The molecule has 3 aromatic rings. The summed E-state index contributed by atoms with van der Waals surface area (Å²) in [5, 5.41) is 12.1. The Bertz CT molecular complexity index is 1590. The summed E-state index contributed by atoms with van der Waals surface area (Å²) >= 11 is 0.692. The van der Waals surface area contributed by atoms with Crippen LogP contribution in [-0.4, -0.2) is 89.7 Å². The largest absolute Gasteiger partial charge is 0.366 e. The van der Waals surface area contributed by atoms with Gasteiger partial charge in [0.25, 0.3) is 12.1 Å². The topological polar surface area (TPSA) is 121 Å². The number of rotatable bonds is 6. The van der Waals surface area contributed by atoms with Crippen molar-refractivity contribution in [2.75, 3.05) is 38.6 Å². The molecule has 5 rings (SSSR count). The first-order chi connectivity index (χ1) is 18.4. The first-order valence-electron chi connectivity index (χ1n) is 12.1. The van der Waals surface area contributed by atoms with E-state index in [9.17, 15) is 22.0 Å². The zero-order valence-corrected chi connectivity index (χ0v) is 23.4. The monoisotopic (exact) mass is 579 g/mol. The van der Waals surface area contributed by atoms with Crippen molar-refractivity contribution < 1.29 is 22.0 Å². The molecule has 2 aliphatic rings. The highest BCUT2D eigenvalue weighted by Gasteiger charge is 2.54. The summed E-state index contributed by atoms with van der Waals surface area (Å²) in [6, 6.07) is 2.68. The van der Waals surface area contributed by atoms with Crippen LogP contribution in [0.4, 0.5) is 19.3 Å². The number of alkyl halides is 2. The fraction of sp³-hybridized carbons (Fsp3) is 0.522. The summed E-state index contributed by atoms with van der Waals surface area (Å²) < 4.78 is 57.5. The maximum atomic E-state index is 13.5. The Morgan fingerprint density at radius 2 is 2.00 bits per heavy atom. The number of hydrogen-bond acceptors (Lipinski definition) is 8. The lowest BCUT2D eigenvalue weighted by Crippen LogP contribution is -2.56. The molecule has 1 aliphatic heterocycles. The van der Waals surface area contributed by atoms with Crippen molar-refractivity contribution in [3.8, 4) is 10.7 Å². The van der Waals surface area contributed by atoms with Crippen LogP contribution in [0.2, 0.25) is 0 Å². The molecule has 0 bridgehead atoms. The molecule has 2 fully saturated rings. The van der Waals surface area contributed by atoms with Crippen LogP contribution in [0.5, 0.6) is 0 Å². The van der Waals surface area contributed by atoms with E-state index in [0.29, 0.717) is 60.4 Å². The van der Waals surface area contributed by atoms with Gasteiger partial charge in [-0.2, -0.15) is 5.10 Å². The molecule has 2 amide bonds. The molecule has 0 radical (unpaired) electrons. The normalized spacial score (nSPS) is 19.0. The molecular formula is C23H27F2N9O3S2. The lowest BCUT2D eigenvalue weighted by molar-refractivity contribution is 0.147. The maximum Gasteiger partial charge on any atom is 0.319 e. The van der Waals surface area contributed by atoms with Gasteiger partial charge in [0.05, 0.1) is 28.9 Å². The van der Waals surface area contributed by atoms with Crippen molar-refractivity contribution in [2.24, 2.45) is 7.05 Å². The van der Waals surface area contributed by atoms with E-state index in [1.165, 1.54) is 17.0 Å². The number of carbonyl (C=O) groups excluding carboxylic acids is 1. The third kappa shape index (κ3) is 4.90. The predicted octanol–water partition coefficient (Wildman–Crippen LogP) is 2.91. The quantitative estimate of drug-likeness (QED) is 0.446. The van der Waals surface area contributed by atoms with E-state index < -0.39 is 27.1 Å². The smallest absolute Gasteiger partial charge is 0.319 e. The third-order valence-electron chi connectivity index (χ3n) is 6.89. The second kappa shape index (κ2) is 9.65. The van der Waals surface area contributed by atoms with Gasteiger partial charge in [0.2, 0.25) is 10.0 Å². The number of anilines is 1. The lowest BCUT2D eigenvalue weighted by Gasteiger charge is -2.42. The van der Waals surface area contributed by atoms with Crippen molar-refractivity contribution in [1.29, 1.82) is 0 Å². The minimum Gasteiger partial charge on any atom is -0.366 e. The van der Waals surface area contributed by atoms with Crippen LogP contribution in [0.25, 0.3) is 26.4 Å². The maximum absolute atomic E-state index is 13.5. The molecule has 2 aromatic heterocycles. The van der Waals surface area contributed by atoms with Gasteiger partial charge in [0.1, 0.15) is 5.69 Å². The van der Waals surface area contributed by atoms with E-state index in [2.05, 4.69) is 24.9 Å². The van der Waals surface area contributed by atoms with E-state index in [0.717, 1.165) is 0 Å². The van der Waals surface area contributed by atoms with E-state index in [1.807, 2.05) is 11.8 Å². The van der Waals surface area contributed by atoms with Gasteiger partial charge in [-0.25, -0.2) is 28.6 Å². The predicted molar refractivity (Wildman–Crippen MR) is 141 cm³/mol. The average Bonchev–Trinajstić information content (AvgIpc) is 3.31. The van der Waals surface area contributed by atoms with Crippen LogP contribution in [0.3, 0.4) is 0 Å². The molecule has 1 atom stereocenters. The Balaban J connectivity index is 1.64.